The highest BCUT2D eigenvalue weighted by molar-refractivity contribution is 6.08. The Hall–Kier alpha value is -4.63. The van der Waals surface area contributed by atoms with Crippen LogP contribution in [-0.4, -0.2) is 53.2 Å². The number of benzene rings is 3. The van der Waals surface area contributed by atoms with Crippen molar-refractivity contribution in [2.45, 2.75) is 52.7 Å². The Morgan fingerprint density at radius 3 is 2.47 bits per heavy atom. The second-order valence-electron chi connectivity index (χ2n) is 11.2. The van der Waals surface area contributed by atoms with Gasteiger partial charge in [-0.15, -0.1) is 12.4 Å². The molecule has 45 heavy (non-hydrogen) atoms. The van der Waals surface area contributed by atoms with E-state index in [9.17, 15) is 14.4 Å². The number of nitrogens with one attached hydrogen (secondary N) is 1. The third-order valence-corrected chi connectivity index (χ3v) is 7.75. The van der Waals surface area contributed by atoms with Gasteiger partial charge in [0, 0.05) is 55.0 Å². The summed E-state index contributed by atoms with van der Waals surface area (Å²) >= 11 is 0. The van der Waals surface area contributed by atoms with E-state index in [1.807, 2.05) is 59.5 Å². The molecule has 3 amide bonds. The topological polar surface area (TPSA) is 117 Å². The zero-order valence-electron chi connectivity index (χ0n) is 25.8. The van der Waals surface area contributed by atoms with Gasteiger partial charge in [0.05, 0.1) is 5.69 Å². The fourth-order valence-corrected chi connectivity index (χ4v) is 5.53. The number of carbonyl (C=O) groups excluding carboxylic acids is 3. The molecule has 0 saturated carbocycles. The van der Waals surface area contributed by atoms with Crippen molar-refractivity contribution in [3.63, 3.8) is 0 Å². The van der Waals surface area contributed by atoms with Gasteiger partial charge in [-0.1, -0.05) is 56.3 Å². The zero-order valence-corrected chi connectivity index (χ0v) is 26.6. The Labute approximate surface area is 270 Å². The number of rotatable bonds is 9. The van der Waals surface area contributed by atoms with Crippen LogP contribution >= 0.6 is 12.4 Å². The zero-order chi connectivity index (χ0) is 31.1. The molecule has 9 nitrogen and oxygen atoms in total. The van der Waals surface area contributed by atoms with E-state index in [-0.39, 0.29) is 43.3 Å². The number of nitrogens with two attached hydrogens (primary N) is 1. The number of fused-ring (bicyclic) bond motifs is 2. The third kappa shape index (κ3) is 8.30. The molecule has 0 atom stereocenters. The predicted octanol–water partition coefficient (Wildman–Crippen LogP) is 6.48. The van der Waals surface area contributed by atoms with Crippen molar-refractivity contribution in [3.05, 3.63) is 100 Å². The van der Waals surface area contributed by atoms with E-state index in [1.165, 1.54) is 0 Å². The molecule has 0 saturated heterocycles. The van der Waals surface area contributed by atoms with E-state index >= 15 is 0 Å². The molecule has 0 radical (unpaired) electrons. The van der Waals surface area contributed by atoms with Crippen LogP contribution in [0.2, 0.25) is 0 Å². The van der Waals surface area contributed by atoms with Gasteiger partial charge in [-0.3, -0.25) is 9.59 Å². The highest BCUT2D eigenvalue weighted by atomic mass is 35.5. The normalized spacial score (nSPS) is 13.6. The fourth-order valence-electron chi connectivity index (χ4n) is 5.53. The molecule has 3 N–H and O–H groups in total. The average Bonchev–Trinajstić information content (AvgIpc) is 3.20. The largest absolute Gasteiger partial charge is 0.445 e. The van der Waals surface area contributed by atoms with Crippen LogP contribution in [0.3, 0.4) is 0 Å². The third-order valence-electron chi connectivity index (χ3n) is 7.75. The molecule has 5 rings (SSSR count). The number of aliphatic imine (C=N–C) groups is 1. The molecule has 0 spiro atoms. The average molecular weight is 630 g/mol. The number of halogens is 1. The molecule has 0 aliphatic carbocycles. The quantitative estimate of drug-likeness (QED) is 0.281. The number of anilines is 1. The highest BCUT2D eigenvalue weighted by Gasteiger charge is 2.24. The minimum Gasteiger partial charge on any atom is -0.445 e. The second kappa shape index (κ2) is 15.4. The highest BCUT2D eigenvalue weighted by Crippen LogP contribution is 2.29. The molecule has 236 valence electrons. The van der Waals surface area contributed by atoms with E-state index in [0.717, 1.165) is 35.1 Å². The summed E-state index contributed by atoms with van der Waals surface area (Å²) in [4.78, 5) is 47.4. The van der Waals surface area contributed by atoms with E-state index in [2.05, 4.69) is 24.2 Å². The van der Waals surface area contributed by atoms with Gasteiger partial charge in [-0.05, 0) is 66.3 Å². The lowest BCUT2D eigenvalue weighted by molar-refractivity contribution is -0.127. The van der Waals surface area contributed by atoms with Crippen molar-refractivity contribution >= 4 is 53.6 Å². The summed E-state index contributed by atoms with van der Waals surface area (Å²) < 4.78 is 5.52. The summed E-state index contributed by atoms with van der Waals surface area (Å²) in [6, 6.07) is 20.6. The smallest absolute Gasteiger partial charge is 0.410 e. The van der Waals surface area contributed by atoms with Crippen LogP contribution in [0.25, 0.3) is 6.08 Å². The number of hydrogen-bond acceptors (Lipinski definition) is 6. The maximum Gasteiger partial charge on any atom is 0.410 e. The van der Waals surface area contributed by atoms with E-state index in [0.29, 0.717) is 60.9 Å². The molecule has 2 aliphatic heterocycles. The molecule has 3 aromatic rings. The molecule has 0 unspecified atom stereocenters. The van der Waals surface area contributed by atoms with Gasteiger partial charge in [-0.2, -0.15) is 0 Å². The summed E-state index contributed by atoms with van der Waals surface area (Å²) in [5, 5.41) is 2.97. The number of amides is 3. The fraction of sp³-hybridized carbons (Fsp3) is 0.314. The first-order valence-corrected chi connectivity index (χ1v) is 15.2. The van der Waals surface area contributed by atoms with Crippen LogP contribution in [0, 0.1) is 0 Å². The van der Waals surface area contributed by atoms with Crippen LogP contribution in [0.1, 0.15) is 65.7 Å². The van der Waals surface area contributed by atoms with Crippen LogP contribution in [0.5, 0.6) is 0 Å². The maximum absolute atomic E-state index is 13.3. The number of hydrogen-bond donors (Lipinski definition) is 2. The van der Waals surface area contributed by atoms with Crippen molar-refractivity contribution in [2.75, 3.05) is 25.0 Å². The number of ether oxygens (including phenoxy) is 1. The molecule has 3 aromatic carbocycles. The van der Waals surface area contributed by atoms with Crippen LogP contribution < -0.4 is 11.1 Å². The molecular formula is C35H40ClN5O4. The monoisotopic (exact) mass is 629 g/mol. The Bertz CT molecular complexity index is 1600. The maximum atomic E-state index is 13.3. The molecular weight excluding hydrogens is 590 g/mol. The van der Waals surface area contributed by atoms with Crippen molar-refractivity contribution < 1.29 is 19.1 Å². The van der Waals surface area contributed by atoms with E-state index in [1.54, 1.807) is 23.1 Å². The van der Waals surface area contributed by atoms with Crippen molar-refractivity contribution in [2.24, 2.45) is 10.7 Å². The first-order valence-electron chi connectivity index (χ1n) is 15.2. The summed E-state index contributed by atoms with van der Waals surface area (Å²) in [5.41, 5.74) is 12.2. The summed E-state index contributed by atoms with van der Waals surface area (Å²) in [5.74, 6) is 0.00499. The predicted molar refractivity (Wildman–Crippen MR) is 180 cm³/mol. The van der Waals surface area contributed by atoms with Crippen molar-refractivity contribution in [3.8, 4) is 0 Å². The summed E-state index contributed by atoms with van der Waals surface area (Å²) in [6.07, 6.45) is 4.19. The Morgan fingerprint density at radius 2 is 1.73 bits per heavy atom. The first-order chi connectivity index (χ1) is 21.3. The lowest BCUT2D eigenvalue weighted by atomic mass is 9.99. The molecule has 10 heteroatoms. The van der Waals surface area contributed by atoms with E-state index in [4.69, 9.17) is 10.5 Å². The minimum absolute atomic E-state index is 0. The van der Waals surface area contributed by atoms with Crippen LogP contribution in [0.4, 0.5) is 16.2 Å². The lowest BCUT2D eigenvalue weighted by Crippen LogP contribution is -2.36. The standard InChI is InChI=1S/C35H39N5O4.ClH/c1-3-15-39(16-4-2)34(42)28-18-26-10-11-27(20-31(26)38-32(36)21-28)33(41)37-30-13-12-25-14-17-40(22-29(25)19-30)35(43)44-23-24-8-6-5-7-9-24;/h5-13,18-20H,3-4,14-17,21-23H2,1-2H3,(H2,36,38)(H,37,41);1H. The van der Waals surface area contributed by atoms with Gasteiger partial charge < -0.3 is 25.6 Å². The molecule has 0 bridgehead atoms. The van der Waals surface area contributed by atoms with Gasteiger partial charge in [0.15, 0.2) is 0 Å². The Balaban J connectivity index is 0.00000461. The van der Waals surface area contributed by atoms with Crippen molar-refractivity contribution in [1.29, 1.82) is 0 Å². The number of amidine groups is 1. The Morgan fingerprint density at radius 1 is 0.978 bits per heavy atom. The van der Waals surface area contributed by atoms with E-state index < -0.39 is 0 Å². The van der Waals surface area contributed by atoms with Gasteiger partial charge >= 0.3 is 6.09 Å². The van der Waals surface area contributed by atoms with Crippen LogP contribution in [0.15, 0.2) is 77.3 Å². The van der Waals surface area contributed by atoms with Crippen molar-refractivity contribution in [1.82, 2.24) is 9.80 Å². The van der Waals surface area contributed by atoms with Gasteiger partial charge in [0.2, 0.25) is 5.91 Å². The molecule has 2 heterocycles. The SMILES string of the molecule is CCCN(CCC)C(=O)C1=Cc2ccc(C(=O)Nc3ccc4c(c3)CN(C(=O)OCc3ccccc3)CC4)cc2N=C(N)C1.Cl. The lowest BCUT2D eigenvalue weighted by Gasteiger charge is -2.28. The Kier molecular flexibility index (Phi) is 11.4. The second-order valence-corrected chi connectivity index (χ2v) is 11.2. The molecule has 0 aromatic heterocycles. The van der Waals surface area contributed by atoms with Gasteiger partial charge in [0.1, 0.15) is 12.4 Å². The summed E-state index contributed by atoms with van der Waals surface area (Å²) in [7, 11) is 0. The molecule has 0 fully saturated rings. The number of nitrogens with zero attached hydrogens (tertiary/aromatic N) is 3. The number of carbonyl (C=O) groups is 3. The van der Waals surface area contributed by atoms with Crippen LogP contribution in [-0.2, 0) is 29.1 Å². The van der Waals surface area contributed by atoms with Gasteiger partial charge in [0.25, 0.3) is 5.91 Å². The summed E-state index contributed by atoms with van der Waals surface area (Å²) in [6.45, 7) is 6.68. The first kappa shape index (κ1) is 33.3. The van der Waals surface area contributed by atoms with Gasteiger partial charge in [-0.25, -0.2) is 9.79 Å². The minimum atomic E-state index is -0.360. The molecule has 2 aliphatic rings.